The van der Waals surface area contributed by atoms with Gasteiger partial charge in [0, 0.05) is 43.4 Å². The number of hydrogen-bond acceptors (Lipinski definition) is 8. The fourth-order valence-electron chi connectivity index (χ4n) is 4.47. The van der Waals surface area contributed by atoms with Crippen LogP contribution in [-0.2, 0) is 24.7 Å². The highest BCUT2D eigenvalue weighted by atomic mass is 32.1. The average Bonchev–Trinajstić information content (AvgIpc) is 3.56. The van der Waals surface area contributed by atoms with E-state index in [0.29, 0.717) is 34.4 Å². The van der Waals surface area contributed by atoms with E-state index >= 15 is 0 Å². The molecule has 1 aliphatic heterocycles. The van der Waals surface area contributed by atoms with Crippen molar-refractivity contribution >= 4 is 34.2 Å². The van der Waals surface area contributed by atoms with Crippen LogP contribution in [0.3, 0.4) is 0 Å². The zero-order valence-corrected chi connectivity index (χ0v) is 21.4. The van der Waals surface area contributed by atoms with Gasteiger partial charge in [0.2, 0.25) is 17.0 Å². The first-order valence-corrected chi connectivity index (χ1v) is 13.1. The van der Waals surface area contributed by atoms with Gasteiger partial charge in [-0.25, -0.2) is 9.97 Å². The first kappa shape index (κ1) is 23.8. The van der Waals surface area contributed by atoms with E-state index in [4.69, 9.17) is 5.73 Å². The molecule has 1 saturated carbocycles. The molecule has 11 heteroatoms. The third-order valence-corrected chi connectivity index (χ3v) is 7.55. The number of nitrogens with one attached hydrogen (secondary N) is 2. The second-order valence-electron chi connectivity index (χ2n) is 9.34. The van der Waals surface area contributed by atoms with E-state index in [9.17, 15) is 9.59 Å². The van der Waals surface area contributed by atoms with E-state index in [0.717, 1.165) is 46.8 Å². The van der Waals surface area contributed by atoms with Crippen LogP contribution in [0.1, 0.15) is 56.5 Å². The van der Waals surface area contributed by atoms with Gasteiger partial charge in [0.05, 0.1) is 23.2 Å². The van der Waals surface area contributed by atoms with Gasteiger partial charge in [0.25, 0.3) is 5.91 Å². The second-order valence-corrected chi connectivity index (χ2v) is 10.3. The number of amides is 2. The molecule has 2 aliphatic rings. The van der Waals surface area contributed by atoms with Crippen LogP contribution in [0, 0.1) is 11.8 Å². The Labute approximate surface area is 222 Å². The number of carbonyl (C=O) groups excluding carboxylic acids is 2. The minimum atomic E-state index is -0.153. The maximum atomic E-state index is 12.6. The number of benzene rings is 1. The number of nitrogens with zero attached hydrogens (tertiary/aromatic N) is 5. The van der Waals surface area contributed by atoms with Crippen LogP contribution < -0.4 is 16.4 Å². The van der Waals surface area contributed by atoms with Crippen LogP contribution in [0.4, 0.5) is 11.1 Å². The summed E-state index contributed by atoms with van der Waals surface area (Å²) >= 11 is 1.44. The maximum Gasteiger partial charge on any atom is 0.253 e. The molecule has 0 radical (unpaired) electrons. The summed E-state index contributed by atoms with van der Waals surface area (Å²) in [4.78, 5) is 33.5. The first-order valence-electron chi connectivity index (χ1n) is 12.3. The SMILES string of the molecule is Cn1c(-c2nc(N)ncc2C#Cc2cccc(CC(=O)Nc3nnc(C4CC4)s3)c2)cc2c1CCNC2=O. The van der Waals surface area contributed by atoms with Gasteiger partial charge < -0.3 is 20.9 Å². The quantitative estimate of drug-likeness (QED) is 0.341. The minimum absolute atomic E-state index is 0.0990. The van der Waals surface area contributed by atoms with Crippen molar-refractivity contribution in [2.24, 2.45) is 7.05 Å². The standard InChI is InChI=1S/C27H24N8O2S/c1-35-20-9-10-29-24(37)19(20)13-21(35)23-18(14-30-26(28)32-23)6-5-15-3-2-4-16(11-15)12-22(36)31-27-34-33-25(38-27)17-7-8-17/h2-4,11,13-14,17H,7-10,12H2,1H3,(H,29,37)(H2,28,30,32)(H,31,34,36). The van der Waals surface area contributed by atoms with Crippen molar-refractivity contribution < 1.29 is 9.59 Å². The number of anilines is 2. The average molecular weight is 525 g/mol. The Balaban J connectivity index is 1.22. The van der Waals surface area contributed by atoms with Gasteiger partial charge in [-0.1, -0.05) is 35.3 Å². The van der Waals surface area contributed by atoms with E-state index in [1.54, 1.807) is 6.20 Å². The Morgan fingerprint density at radius 2 is 2.13 bits per heavy atom. The van der Waals surface area contributed by atoms with Crippen molar-refractivity contribution in [1.29, 1.82) is 0 Å². The summed E-state index contributed by atoms with van der Waals surface area (Å²) in [6.45, 7) is 0.596. The van der Waals surface area contributed by atoms with Gasteiger partial charge in [0.1, 0.15) is 10.7 Å². The Hall–Kier alpha value is -4.56. The molecule has 190 valence electrons. The van der Waals surface area contributed by atoms with Crippen molar-refractivity contribution in [3.63, 3.8) is 0 Å². The molecule has 1 aliphatic carbocycles. The first-order chi connectivity index (χ1) is 18.4. The summed E-state index contributed by atoms with van der Waals surface area (Å²) < 4.78 is 1.96. The molecule has 3 aromatic heterocycles. The number of rotatable bonds is 5. The molecule has 10 nitrogen and oxygen atoms in total. The highest BCUT2D eigenvalue weighted by molar-refractivity contribution is 7.15. The summed E-state index contributed by atoms with van der Waals surface area (Å²) in [7, 11) is 1.91. The molecule has 4 aromatic rings. The van der Waals surface area contributed by atoms with Gasteiger partial charge in [-0.3, -0.25) is 9.59 Å². The summed E-state index contributed by atoms with van der Waals surface area (Å²) in [6.07, 6.45) is 4.81. The van der Waals surface area contributed by atoms with Crippen LogP contribution in [-0.4, -0.2) is 43.1 Å². The van der Waals surface area contributed by atoms with Crippen LogP contribution in [0.5, 0.6) is 0 Å². The molecule has 1 aromatic carbocycles. The Bertz CT molecular complexity index is 1640. The van der Waals surface area contributed by atoms with E-state index in [1.807, 2.05) is 41.9 Å². The summed E-state index contributed by atoms with van der Waals surface area (Å²) in [5.74, 6) is 6.69. The normalized spacial score (nSPS) is 14.3. The van der Waals surface area contributed by atoms with Crippen molar-refractivity contribution in [2.75, 3.05) is 17.6 Å². The van der Waals surface area contributed by atoms with Crippen molar-refractivity contribution in [3.05, 3.63) is 69.5 Å². The predicted octanol–water partition coefficient (Wildman–Crippen LogP) is 2.66. The molecular formula is C27H24N8O2S. The molecule has 0 unspecified atom stereocenters. The fourth-order valence-corrected chi connectivity index (χ4v) is 5.40. The lowest BCUT2D eigenvalue weighted by Gasteiger charge is -2.14. The van der Waals surface area contributed by atoms with Gasteiger partial charge in [-0.05, 0) is 36.6 Å². The van der Waals surface area contributed by atoms with Gasteiger partial charge in [-0.15, -0.1) is 10.2 Å². The Kier molecular flexibility index (Phi) is 6.09. The zero-order valence-electron chi connectivity index (χ0n) is 20.6. The number of aromatic nitrogens is 5. The molecular weight excluding hydrogens is 500 g/mol. The van der Waals surface area contributed by atoms with Gasteiger partial charge in [0.15, 0.2) is 0 Å². The van der Waals surface area contributed by atoms with E-state index in [2.05, 4.69) is 42.6 Å². The number of hydrogen-bond donors (Lipinski definition) is 3. The van der Waals surface area contributed by atoms with Crippen molar-refractivity contribution in [2.45, 2.75) is 31.6 Å². The Morgan fingerprint density at radius 3 is 2.95 bits per heavy atom. The van der Waals surface area contributed by atoms with Crippen LogP contribution in [0.2, 0.25) is 0 Å². The van der Waals surface area contributed by atoms with Crippen LogP contribution in [0.15, 0.2) is 36.5 Å². The number of carbonyl (C=O) groups is 2. The van der Waals surface area contributed by atoms with E-state index < -0.39 is 0 Å². The second kappa shape index (κ2) is 9.72. The zero-order chi connectivity index (χ0) is 26.2. The molecule has 1 fully saturated rings. The lowest BCUT2D eigenvalue weighted by Crippen LogP contribution is -2.31. The molecule has 38 heavy (non-hydrogen) atoms. The highest BCUT2D eigenvalue weighted by Crippen LogP contribution is 2.42. The monoisotopic (exact) mass is 524 g/mol. The number of nitrogen functional groups attached to an aromatic ring is 1. The van der Waals surface area contributed by atoms with Crippen LogP contribution >= 0.6 is 11.3 Å². The van der Waals surface area contributed by atoms with Gasteiger partial charge >= 0.3 is 0 Å². The summed E-state index contributed by atoms with van der Waals surface area (Å²) in [6, 6.07) is 9.34. The highest BCUT2D eigenvalue weighted by Gasteiger charge is 2.28. The molecule has 4 N–H and O–H groups in total. The molecule has 0 atom stereocenters. The van der Waals surface area contributed by atoms with Gasteiger partial charge in [-0.2, -0.15) is 0 Å². The third kappa shape index (κ3) is 4.86. The topological polar surface area (TPSA) is 141 Å². The smallest absolute Gasteiger partial charge is 0.253 e. The molecule has 0 spiro atoms. The lowest BCUT2D eigenvalue weighted by molar-refractivity contribution is -0.115. The summed E-state index contributed by atoms with van der Waals surface area (Å²) in [5, 5.41) is 15.5. The van der Waals surface area contributed by atoms with E-state index in [-0.39, 0.29) is 24.2 Å². The fraction of sp³-hybridized carbons (Fsp3) is 0.259. The molecule has 6 rings (SSSR count). The maximum absolute atomic E-state index is 12.6. The number of nitrogens with two attached hydrogens (primary N) is 1. The van der Waals surface area contributed by atoms with Crippen molar-refractivity contribution in [3.8, 4) is 23.2 Å². The molecule has 2 amide bonds. The predicted molar refractivity (Wildman–Crippen MR) is 144 cm³/mol. The summed E-state index contributed by atoms with van der Waals surface area (Å²) in [5.41, 5.74) is 11.0. The molecule has 4 heterocycles. The van der Waals surface area contributed by atoms with E-state index in [1.165, 1.54) is 11.3 Å². The van der Waals surface area contributed by atoms with Crippen LogP contribution in [0.25, 0.3) is 11.4 Å². The largest absolute Gasteiger partial charge is 0.368 e. The third-order valence-electron chi connectivity index (χ3n) is 6.55. The number of fused-ring (bicyclic) bond motifs is 1. The molecule has 0 saturated heterocycles. The molecule has 0 bridgehead atoms. The Morgan fingerprint density at radius 1 is 1.26 bits per heavy atom. The van der Waals surface area contributed by atoms with Crippen molar-refractivity contribution in [1.82, 2.24) is 30.0 Å². The lowest BCUT2D eigenvalue weighted by atomic mass is 10.1. The minimum Gasteiger partial charge on any atom is -0.368 e.